The van der Waals surface area contributed by atoms with Crippen LogP contribution in [0.25, 0.3) is 0 Å². The maximum Gasteiger partial charge on any atom is 0.412 e. The molecule has 0 radical (unpaired) electrons. The molecule has 0 aliphatic heterocycles. The lowest BCUT2D eigenvalue weighted by Crippen LogP contribution is -2.31. The minimum absolute atomic E-state index is 0.292. The van der Waals surface area contributed by atoms with Gasteiger partial charge in [-0.15, -0.1) is 0 Å². The second-order valence-corrected chi connectivity index (χ2v) is 5.28. The van der Waals surface area contributed by atoms with Crippen molar-refractivity contribution < 1.29 is 9.53 Å². The first-order valence-corrected chi connectivity index (χ1v) is 8.03. The zero-order chi connectivity index (χ0) is 16.5. The molecule has 0 aliphatic rings. The van der Waals surface area contributed by atoms with Gasteiger partial charge >= 0.3 is 6.09 Å². The van der Waals surface area contributed by atoms with E-state index in [1.165, 1.54) is 0 Å². The van der Waals surface area contributed by atoms with Gasteiger partial charge < -0.3 is 4.74 Å². The van der Waals surface area contributed by atoms with Crippen LogP contribution in [-0.2, 0) is 4.74 Å². The van der Waals surface area contributed by atoms with E-state index in [2.05, 4.69) is 24.1 Å². The van der Waals surface area contributed by atoms with Crippen molar-refractivity contribution >= 4 is 11.8 Å². The van der Waals surface area contributed by atoms with Crippen LogP contribution in [0.5, 0.6) is 0 Å². The number of hydrogen-bond donors (Lipinski definition) is 1. The number of benzene rings is 2. The predicted molar refractivity (Wildman–Crippen MR) is 93.5 cm³/mol. The van der Waals surface area contributed by atoms with Crippen molar-refractivity contribution in [2.45, 2.75) is 20.0 Å². The van der Waals surface area contributed by atoms with E-state index in [0.717, 1.165) is 24.3 Å². The number of nitrogens with one attached hydrogen (secondary N) is 1. The third-order valence-corrected chi connectivity index (χ3v) is 3.76. The van der Waals surface area contributed by atoms with E-state index in [1.807, 2.05) is 60.7 Å². The van der Waals surface area contributed by atoms with Crippen LogP contribution in [-0.4, -0.2) is 30.6 Å². The summed E-state index contributed by atoms with van der Waals surface area (Å²) in [6.07, 6.45) is -0.725. The molecule has 2 aromatic rings. The van der Waals surface area contributed by atoms with Gasteiger partial charge in [-0.1, -0.05) is 62.4 Å². The highest BCUT2D eigenvalue weighted by atomic mass is 16.6. The van der Waals surface area contributed by atoms with Crippen molar-refractivity contribution in [3.63, 3.8) is 0 Å². The molecule has 0 saturated heterocycles. The van der Waals surface area contributed by atoms with Crippen LogP contribution in [0, 0.1) is 0 Å². The molecule has 1 atom stereocenters. The number of ether oxygens (including phenoxy) is 1. The quantitative estimate of drug-likeness (QED) is 0.828. The lowest BCUT2D eigenvalue weighted by Gasteiger charge is -2.25. The highest BCUT2D eigenvalue weighted by molar-refractivity contribution is 5.84. The molecule has 0 bridgehead atoms. The Kier molecular flexibility index (Phi) is 6.63. The van der Waals surface area contributed by atoms with E-state index in [-0.39, 0.29) is 6.10 Å². The van der Waals surface area contributed by atoms with Crippen molar-refractivity contribution in [1.82, 2.24) is 4.90 Å². The summed E-state index contributed by atoms with van der Waals surface area (Å²) in [5.41, 5.74) is 1.73. The Balaban J connectivity index is 2.06. The van der Waals surface area contributed by atoms with Gasteiger partial charge in [0.25, 0.3) is 0 Å². The Hall–Kier alpha value is -2.33. The monoisotopic (exact) mass is 312 g/mol. The van der Waals surface area contributed by atoms with Crippen LogP contribution in [0.15, 0.2) is 60.7 Å². The average Bonchev–Trinajstić information content (AvgIpc) is 2.60. The van der Waals surface area contributed by atoms with Gasteiger partial charge in [-0.25, -0.2) is 4.79 Å². The van der Waals surface area contributed by atoms with Gasteiger partial charge in [0.1, 0.15) is 6.10 Å². The van der Waals surface area contributed by atoms with Crippen molar-refractivity contribution in [2.75, 3.05) is 25.0 Å². The summed E-state index contributed by atoms with van der Waals surface area (Å²) >= 11 is 0. The molecule has 23 heavy (non-hydrogen) atoms. The number of para-hydroxylation sites is 1. The molecule has 0 spiro atoms. The Bertz CT molecular complexity index is 583. The highest BCUT2D eigenvalue weighted by Crippen LogP contribution is 2.20. The molecule has 0 aromatic heterocycles. The summed E-state index contributed by atoms with van der Waals surface area (Å²) in [5.74, 6) is 0. The first-order valence-electron chi connectivity index (χ1n) is 8.03. The average molecular weight is 312 g/mol. The third kappa shape index (κ3) is 5.42. The van der Waals surface area contributed by atoms with Crippen molar-refractivity contribution in [2.24, 2.45) is 0 Å². The third-order valence-electron chi connectivity index (χ3n) is 3.76. The molecule has 0 saturated carbocycles. The summed E-state index contributed by atoms with van der Waals surface area (Å²) in [6.45, 7) is 6.73. The lowest BCUT2D eigenvalue weighted by molar-refractivity contribution is 0.0822. The van der Waals surface area contributed by atoms with Crippen molar-refractivity contribution in [3.05, 3.63) is 66.2 Å². The first-order chi connectivity index (χ1) is 11.2. The summed E-state index contributed by atoms with van der Waals surface area (Å²) in [7, 11) is 0. The van der Waals surface area contributed by atoms with Gasteiger partial charge in [0, 0.05) is 12.2 Å². The zero-order valence-electron chi connectivity index (χ0n) is 13.7. The molecular formula is C19H24N2O2. The van der Waals surface area contributed by atoms with Crippen LogP contribution in [0.4, 0.5) is 10.5 Å². The van der Waals surface area contributed by atoms with E-state index in [4.69, 9.17) is 4.74 Å². The number of nitrogens with zero attached hydrogens (tertiary/aromatic N) is 1. The molecule has 1 amide bonds. The van der Waals surface area contributed by atoms with Gasteiger partial charge in [0.2, 0.25) is 0 Å². The molecule has 1 N–H and O–H groups in total. The molecule has 4 heteroatoms. The first kappa shape index (κ1) is 17.0. The maximum absolute atomic E-state index is 12.2. The number of anilines is 1. The van der Waals surface area contributed by atoms with Crippen molar-refractivity contribution in [1.29, 1.82) is 0 Å². The van der Waals surface area contributed by atoms with E-state index in [1.54, 1.807) is 0 Å². The molecule has 0 heterocycles. The number of carbonyl (C=O) groups excluding carboxylic acids is 1. The Labute approximate surface area is 138 Å². The van der Waals surface area contributed by atoms with Crippen LogP contribution >= 0.6 is 0 Å². The van der Waals surface area contributed by atoms with E-state index in [9.17, 15) is 4.79 Å². The number of likely N-dealkylation sites (N-methyl/N-ethyl adjacent to an activating group) is 1. The molecule has 2 aromatic carbocycles. The van der Waals surface area contributed by atoms with Crippen molar-refractivity contribution in [3.8, 4) is 0 Å². The van der Waals surface area contributed by atoms with Gasteiger partial charge in [-0.2, -0.15) is 0 Å². The Morgan fingerprint density at radius 1 is 1.00 bits per heavy atom. The van der Waals surface area contributed by atoms with Crippen LogP contribution in [0.3, 0.4) is 0 Å². The summed E-state index contributed by atoms with van der Waals surface area (Å²) in [6, 6.07) is 19.2. The largest absolute Gasteiger partial charge is 0.440 e. The standard InChI is InChI=1S/C19H24N2O2/c1-3-21(4-2)15-18(16-11-7-5-8-12-16)23-19(22)20-17-13-9-6-10-14-17/h5-14,18H,3-4,15H2,1-2H3,(H,20,22). The fraction of sp³-hybridized carbons (Fsp3) is 0.316. The topological polar surface area (TPSA) is 41.6 Å². The Morgan fingerprint density at radius 3 is 2.13 bits per heavy atom. The molecule has 2 rings (SSSR count). The number of rotatable bonds is 7. The van der Waals surface area contributed by atoms with E-state index >= 15 is 0 Å². The van der Waals surface area contributed by atoms with Gasteiger partial charge in [0.15, 0.2) is 0 Å². The molecular weight excluding hydrogens is 288 g/mol. The van der Waals surface area contributed by atoms with Crippen LogP contribution in [0.1, 0.15) is 25.5 Å². The maximum atomic E-state index is 12.2. The van der Waals surface area contributed by atoms with Crippen LogP contribution < -0.4 is 5.32 Å². The predicted octanol–water partition coefficient (Wildman–Crippen LogP) is 4.32. The normalized spacial score (nSPS) is 12.0. The SMILES string of the molecule is CCN(CC)CC(OC(=O)Nc1ccccc1)c1ccccc1. The van der Waals surface area contributed by atoms with Gasteiger partial charge in [0.05, 0.1) is 0 Å². The van der Waals surface area contributed by atoms with Gasteiger partial charge in [-0.3, -0.25) is 10.2 Å². The minimum atomic E-state index is -0.433. The van der Waals surface area contributed by atoms with E-state index in [0.29, 0.717) is 6.54 Å². The second kappa shape index (κ2) is 8.96. The number of amides is 1. The number of hydrogen-bond acceptors (Lipinski definition) is 3. The highest BCUT2D eigenvalue weighted by Gasteiger charge is 2.19. The summed E-state index contributed by atoms with van der Waals surface area (Å²) in [5, 5.41) is 2.77. The molecule has 4 nitrogen and oxygen atoms in total. The fourth-order valence-corrected chi connectivity index (χ4v) is 2.39. The lowest BCUT2D eigenvalue weighted by atomic mass is 10.1. The van der Waals surface area contributed by atoms with Gasteiger partial charge in [-0.05, 0) is 30.8 Å². The summed E-state index contributed by atoms with van der Waals surface area (Å²) in [4.78, 5) is 14.4. The Morgan fingerprint density at radius 2 is 1.57 bits per heavy atom. The van der Waals surface area contributed by atoms with E-state index < -0.39 is 6.09 Å². The smallest absolute Gasteiger partial charge is 0.412 e. The molecule has 122 valence electrons. The molecule has 1 unspecified atom stereocenters. The number of carbonyl (C=O) groups is 1. The minimum Gasteiger partial charge on any atom is -0.440 e. The molecule has 0 aliphatic carbocycles. The summed E-state index contributed by atoms with van der Waals surface area (Å²) < 4.78 is 5.68. The fourth-order valence-electron chi connectivity index (χ4n) is 2.39. The second-order valence-electron chi connectivity index (χ2n) is 5.28. The molecule has 0 fully saturated rings. The zero-order valence-corrected chi connectivity index (χ0v) is 13.7. The van der Waals surface area contributed by atoms with Crippen LogP contribution in [0.2, 0.25) is 0 Å².